The van der Waals surface area contributed by atoms with Gasteiger partial charge in [-0.3, -0.25) is 9.59 Å². The second-order valence-corrected chi connectivity index (χ2v) is 7.10. The van der Waals surface area contributed by atoms with Crippen molar-refractivity contribution in [1.82, 2.24) is 5.43 Å². The number of rotatable bonds is 5. The number of hydrazone groups is 1. The van der Waals surface area contributed by atoms with Crippen molar-refractivity contribution >= 4 is 39.2 Å². The summed E-state index contributed by atoms with van der Waals surface area (Å²) in [5.74, 6) is -2.14. The molecule has 8 nitrogen and oxygen atoms in total. The van der Waals surface area contributed by atoms with Gasteiger partial charge in [0.1, 0.15) is 5.75 Å². The molecule has 136 valence electrons. The molecule has 0 aromatic heterocycles. The Morgan fingerprint density at radius 2 is 1.54 bits per heavy atom. The highest BCUT2D eigenvalue weighted by atomic mass is 35.5. The predicted molar refractivity (Wildman–Crippen MR) is 96.3 cm³/mol. The number of benzene rings is 2. The molecule has 3 N–H and O–H groups in total. The van der Waals surface area contributed by atoms with Crippen LogP contribution in [0.15, 0.2) is 53.6 Å². The number of hydrogen-bond donors (Lipinski definition) is 2. The zero-order valence-electron chi connectivity index (χ0n) is 13.5. The van der Waals surface area contributed by atoms with Crippen LogP contribution >= 0.6 is 11.6 Å². The van der Waals surface area contributed by atoms with Gasteiger partial charge < -0.3 is 9.92 Å². The maximum Gasteiger partial charge on any atom is 0.329 e. The molecule has 2 aromatic rings. The third-order valence-electron chi connectivity index (χ3n) is 2.99. The third kappa shape index (κ3) is 5.57. The van der Waals surface area contributed by atoms with Gasteiger partial charge in [-0.2, -0.15) is 13.5 Å². The van der Waals surface area contributed by atoms with Crippen molar-refractivity contribution < 1.29 is 22.2 Å². The molecule has 0 atom stereocenters. The number of halogens is 1. The van der Waals surface area contributed by atoms with E-state index in [-0.39, 0.29) is 5.75 Å². The van der Waals surface area contributed by atoms with Crippen molar-refractivity contribution in [2.75, 3.05) is 6.26 Å². The minimum Gasteiger partial charge on any atom is -0.383 e. The van der Waals surface area contributed by atoms with E-state index in [9.17, 15) is 18.0 Å². The first-order valence-corrected chi connectivity index (χ1v) is 9.28. The van der Waals surface area contributed by atoms with E-state index in [1.54, 1.807) is 36.4 Å². The summed E-state index contributed by atoms with van der Waals surface area (Å²) in [5.41, 5.74) is 8.37. The van der Waals surface area contributed by atoms with E-state index in [2.05, 4.69) is 10.5 Å². The molecule has 0 aliphatic heterocycles. The van der Waals surface area contributed by atoms with E-state index in [0.717, 1.165) is 6.26 Å². The average Bonchev–Trinajstić information content (AvgIpc) is 2.56. The van der Waals surface area contributed by atoms with Crippen LogP contribution in [0.5, 0.6) is 5.75 Å². The number of nitrogens with one attached hydrogen (secondary N) is 1. The Morgan fingerprint density at radius 3 is 2.00 bits per heavy atom. The van der Waals surface area contributed by atoms with E-state index < -0.39 is 21.9 Å². The van der Waals surface area contributed by atoms with E-state index in [1.807, 2.05) is 0 Å². The predicted octanol–water partition coefficient (Wildman–Crippen LogP) is 1.03. The van der Waals surface area contributed by atoms with Gasteiger partial charge in [-0.15, -0.1) is 0 Å². The van der Waals surface area contributed by atoms with E-state index >= 15 is 0 Å². The summed E-state index contributed by atoms with van der Waals surface area (Å²) in [7, 11) is -3.65. The Bertz CT molecular complexity index is 954. The van der Waals surface area contributed by atoms with Crippen LogP contribution in [-0.4, -0.2) is 32.2 Å². The molecular weight excluding hydrogens is 382 g/mol. The summed E-state index contributed by atoms with van der Waals surface area (Å²) in [6.07, 6.45) is 0.931. The van der Waals surface area contributed by atoms with Crippen molar-refractivity contribution in [3.63, 3.8) is 0 Å². The van der Waals surface area contributed by atoms with Crippen LogP contribution in [0.1, 0.15) is 11.1 Å². The molecule has 0 spiro atoms. The minimum atomic E-state index is -3.65. The summed E-state index contributed by atoms with van der Waals surface area (Å²) in [6.45, 7) is 0. The third-order valence-corrected chi connectivity index (χ3v) is 3.73. The van der Waals surface area contributed by atoms with Crippen molar-refractivity contribution in [1.29, 1.82) is 0 Å². The molecule has 0 saturated heterocycles. The Balaban J connectivity index is 2.40. The number of carbonyl (C=O) groups is 2. The summed E-state index contributed by atoms with van der Waals surface area (Å²) < 4.78 is 27.1. The van der Waals surface area contributed by atoms with Crippen LogP contribution in [0, 0.1) is 0 Å². The summed E-state index contributed by atoms with van der Waals surface area (Å²) in [5, 5.41) is 4.44. The lowest BCUT2D eigenvalue weighted by Crippen LogP contribution is -2.33. The van der Waals surface area contributed by atoms with Gasteiger partial charge in [0.25, 0.3) is 0 Å². The molecule has 0 aliphatic carbocycles. The first-order valence-electron chi connectivity index (χ1n) is 7.09. The molecule has 10 heteroatoms. The zero-order chi connectivity index (χ0) is 19.3. The molecule has 2 rings (SSSR count). The molecule has 0 unspecified atom stereocenters. The Kier molecular flexibility index (Phi) is 5.96. The lowest BCUT2D eigenvalue weighted by molar-refractivity contribution is -0.137. The zero-order valence-corrected chi connectivity index (χ0v) is 15.0. The molecule has 0 fully saturated rings. The van der Waals surface area contributed by atoms with Crippen LogP contribution in [-0.2, 0) is 19.7 Å². The van der Waals surface area contributed by atoms with Crippen LogP contribution in [0.2, 0.25) is 5.02 Å². The van der Waals surface area contributed by atoms with Gasteiger partial charge in [-0.05, 0) is 36.4 Å². The molecule has 0 saturated carbocycles. The van der Waals surface area contributed by atoms with Crippen molar-refractivity contribution in [2.24, 2.45) is 10.8 Å². The first-order chi connectivity index (χ1) is 12.2. The Morgan fingerprint density at radius 1 is 1.04 bits per heavy atom. The second-order valence-electron chi connectivity index (χ2n) is 5.08. The molecule has 0 bridgehead atoms. The highest BCUT2D eigenvalue weighted by Crippen LogP contribution is 2.18. The van der Waals surface area contributed by atoms with Gasteiger partial charge in [0, 0.05) is 16.1 Å². The van der Waals surface area contributed by atoms with Crippen LogP contribution < -0.4 is 15.3 Å². The number of primary amides is 1. The number of nitrogens with two attached hydrogens (primary N) is 1. The van der Waals surface area contributed by atoms with Crippen molar-refractivity contribution in [2.45, 2.75) is 0 Å². The van der Waals surface area contributed by atoms with Crippen LogP contribution in [0.25, 0.3) is 0 Å². The topological polar surface area (TPSA) is 128 Å². The van der Waals surface area contributed by atoms with Crippen LogP contribution in [0.4, 0.5) is 0 Å². The van der Waals surface area contributed by atoms with Gasteiger partial charge in [-0.25, -0.2) is 5.43 Å². The maximum atomic E-state index is 11.4. The Hall–Kier alpha value is -2.91. The molecule has 2 aromatic carbocycles. The fourth-order valence-corrected chi connectivity index (χ4v) is 2.50. The molecule has 26 heavy (non-hydrogen) atoms. The van der Waals surface area contributed by atoms with Gasteiger partial charge >= 0.3 is 21.9 Å². The highest BCUT2D eigenvalue weighted by Gasteiger charge is 2.12. The molecule has 0 radical (unpaired) electrons. The van der Waals surface area contributed by atoms with E-state index in [0.29, 0.717) is 21.9 Å². The number of nitrogens with zero attached hydrogens (tertiary/aromatic N) is 1. The fraction of sp³-hybridized carbons (Fsp3) is 0.0625. The molecular formula is C16H14ClN3O5S. The lowest BCUT2D eigenvalue weighted by Gasteiger charge is -2.09. The second kappa shape index (κ2) is 7.98. The lowest BCUT2D eigenvalue weighted by atomic mass is 10.0. The van der Waals surface area contributed by atoms with E-state index in [4.69, 9.17) is 21.5 Å². The monoisotopic (exact) mass is 395 g/mol. The SMILES string of the molecule is CS(=O)(=O)Oc1ccc(/C(=N\NC(=O)C(N)=O)c2ccc(Cl)cc2)cc1. The quantitative estimate of drug-likeness (QED) is 0.338. The highest BCUT2D eigenvalue weighted by molar-refractivity contribution is 7.86. The molecule has 2 amide bonds. The fourth-order valence-electron chi connectivity index (χ4n) is 1.91. The maximum absolute atomic E-state index is 11.4. The van der Waals surface area contributed by atoms with Gasteiger partial charge in [0.05, 0.1) is 12.0 Å². The summed E-state index contributed by atoms with van der Waals surface area (Å²) >= 11 is 5.87. The Labute approximate surface area is 154 Å². The van der Waals surface area contributed by atoms with Gasteiger partial charge in [-0.1, -0.05) is 23.7 Å². The smallest absolute Gasteiger partial charge is 0.329 e. The van der Waals surface area contributed by atoms with Gasteiger partial charge in [0.2, 0.25) is 0 Å². The summed E-state index contributed by atoms with van der Waals surface area (Å²) in [6, 6.07) is 12.5. The van der Waals surface area contributed by atoms with Crippen molar-refractivity contribution in [3.8, 4) is 5.75 Å². The number of hydrogen-bond acceptors (Lipinski definition) is 6. The minimum absolute atomic E-state index is 0.118. The molecule has 0 heterocycles. The largest absolute Gasteiger partial charge is 0.383 e. The molecule has 0 aliphatic rings. The van der Waals surface area contributed by atoms with E-state index in [1.165, 1.54) is 12.1 Å². The summed E-state index contributed by atoms with van der Waals surface area (Å²) in [4.78, 5) is 22.2. The average molecular weight is 396 g/mol. The first kappa shape index (κ1) is 19.4. The normalized spacial score (nSPS) is 11.7. The number of amides is 2. The number of carbonyl (C=O) groups excluding carboxylic acids is 2. The van der Waals surface area contributed by atoms with Crippen molar-refractivity contribution in [3.05, 3.63) is 64.7 Å². The van der Waals surface area contributed by atoms with Gasteiger partial charge in [0.15, 0.2) is 0 Å². The standard InChI is InChI=1S/C16H14ClN3O5S/c1-26(23,24)25-13-8-4-11(5-9-13)14(19-20-16(22)15(18)21)10-2-6-12(17)7-3-10/h2-9H,1H3,(H2,18,21)(H,20,22)/b19-14-. The van der Waals surface area contributed by atoms with Crippen LogP contribution in [0.3, 0.4) is 0 Å².